The number of nitrogens with zero attached hydrogens (tertiary/aromatic N) is 1. The van der Waals surface area contributed by atoms with Crippen molar-refractivity contribution in [3.05, 3.63) is 64.7 Å². The van der Waals surface area contributed by atoms with Crippen LogP contribution in [0, 0.1) is 13.8 Å². The molecule has 0 saturated heterocycles. The van der Waals surface area contributed by atoms with Gasteiger partial charge < -0.3 is 14.8 Å². The molecule has 2 aromatic carbocycles. The molecule has 0 aliphatic carbocycles. The van der Waals surface area contributed by atoms with E-state index in [1.54, 1.807) is 36.8 Å². The molecule has 0 aliphatic rings. The number of aryl methyl sites for hydroxylation is 1. The third-order valence-electron chi connectivity index (χ3n) is 4.49. The number of aromatic nitrogens is 1. The summed E-state index contributed by atoms with van der Waals surface area (Å²) in [6, 6.07) is 12.0. The van der Waals surface area contributed by atoms with Crippen LogP contribution in [0.25, 0.3) is 10.6 Å². The van der Waals surface area contributed by atoms with Crippen LogP contribution in [0.5, 0.6) is 5.75 Å². The summed E-state index contributed by atoms with van der Waals surface area (Å²) in [5.41, 5.74) is 3.41. The second kappa shape index (κ2) is 9.86. The van der Waals surface area contributed by atoms with E-state index in [2.05, 4.69) is 15.6 Å². The number of carbonyl (C=O) groups is 3. The van der Waals surface area contributed by atoms with Crippen molar-refractivity contribution in [2.24, 2.45) is 0 Å². The number of rotatable bonds is 6. The first-order chi connectivity index (χ1) is 14.9. The summed E-state index contributed by atoms with van der Waals surface area (Å²) >= 11 is 1.28. The molecule has 2 N–H and O–H groups in total. The minimum absolute atomic E-state index is 0.0865. The standard InChI is InChI=1S/C22H21N3O5S/c1-13-5-4-6-17(14(13)2)24-22(28)25-19(26)11-30-21(27)18-12-31-20(23-18)15-7-9-16(29-3)10-8-15/h4-10,12H,11H2,1-3H3,(H2,24,25,26,28). The van der Waals surface area contributed by atoms with Crippen LogP contribution in [-0.2, 0) is 9.53 Å². The maximum absolute atomic E-state index is 12.2. The van der Waals surface area contributed by atoms with Gasteiger partial charge in [0.25, 0.3) is 5.91 Å². The number of amides is 3. The molecule has 1 heterocycles. The quantitative estimate of drug-likeness (QED) is 0.564. The molecule has 31 heavy (non-hydrogen) atoms. The molecule has 160 valence electrons. The Balaban J connectivity index is 1.51. The molecule has 0 fully saturated rings. The van der Waals surface area contributed by atoms with Gasteiger partial charge in [-0.05, 0) is 55.3 Å². The summed E-state index contributed by atoms with van der Waals surface area (Å²) in [7, 11) is 1.58. The van der Waals surface area contributed by atoms with Gasteiger partial charge in [-0.15, -0.1) is 11.3 Å². The van der Waals surface area contributed by atoms with E-state index in [1.807, 2.05) is 32.0 Å². The molecule has 3 amide bonds. The highest BCUT2D eigenvalue weighted by Gasteiger charge is 2.16. The van der Waals surface area contributed by atoms with E-state index < -0.39 is 24.5 Å². The topological polar surface area (TPSA) is 107 Å². The third-order valence-corrected chi connectivity index (χ3v) is 5.38. The molecule has 0 radical (unpaired) electrons. The Kier molecular flexibility index (Phi) is 6.99. The maximum Gasteiger partial charge on any atom is 0.358 e. The summed E-state index contributed by atoms with van der Waals surface area (Å²) in [6.07, 6.45) is 0. The predicted octanol–water partition coefficient (Wildman–Crippen LogP) is 3.94. The lowest BCUT2D eigenvalue weighted by Gasteiger charge is -2.10. The van der Waals surface area contributed by atoms with Crippen LogP contribution in [0.15, 0.2) is 47.8 Å². The molecule has 1 aromatic heterocycles. The molecule has 0 spiro atoms. The van der Waals surface area contributed by atoms with E-state index in [0.29, 0.717) is 16.4 Å². The third kappa shape index (κ3) is 5.67. The minimum Gasteiger partial charge on any atom is -0.497 e. The highest BCUT2D eigenvalue weighted by Crippen LogP contribution is 2.26. The van der Waals surface area contributed by atoms with Gasteiger partial charge in [-0.2, -0.15) is 0 Å². The fourth-order valence-corrected chi connectivity index (χ4v) is 3.44. The number of hydrogen-bond acceptors (Lipinski definition) is 7. The fourth-order valence-electron chi connectivity index (χ4n) is 2.64. The van der Waals surface area contributed by atoms with Gasteiger partial charge in [-0.1, -0.05) is 12.1 Å². The first-order valence-corrected chi connectivity index (χ1v) is 10.2. The van der Waals surface area contributed by atoms with E-state index in [-0.39, 0.29) is 5.69 Å². The van der Waals surface area contributed by atoms with Crippen LogP contribution in [0.4, 0.5) is 10.5 Å². The predicted molar refractivity (Wildman–Crippen MR) is 117 cm³/mol. The number of ether oxygens (including phenoxy) is 2. The summed E-state index contributed by atoms with van der Waals surface area (Å²) in [5.74, 6) is -0.782. The molecular formula is C22H21N3O5S. The summed E-state index contributed by atoms with van der Waals surface area (Å²) in [5, 5.41) is 6.91. The first kappa shape index (κ1) is 22.0. The Morgan fingerprint density at radius 2 is 1.81 bits per heavy atom. The lowest BCUT2D eigenvalue weighted by Crippen LogP contribution is -2.37. The number of thiazole rings is 1. The fraction of sp³-hybridized carbons (Fsp3) is 0.182. The van der Waals surface area contributed by atoms with Crippen LogP contribution in [-0.4, -0.2) is 36.6 Å². The molecule has 0 aliphatic heterocycles. The van der Waals surface area contributed by atoms with E-state index in [1.165, 1.54) is 11.3 Å². The number of carbonyl (C=O) groups excluding carboxylic acids is 3. The second-order valence-corrected chi connectivity index (χ2v) is 7.45. The van der Waals surface area contributed by atoms with Gasteiger partial charge in [0.2, 0.25) is 0 Å². The summed E-state index contributed by atoms with van der Waals surface area (Å²) in [6.45, 7) is 3.18. The van der Waals surface area contributed by atoms with E-state index in [4.69, 9.17) is 9.47 Å². The average molecular weight is 439 g/mol. The van der Waals surface area contributed by atoms with Crippen molar-refractivity contribution in [1.29, 1.82) is 0 Å². The molecule has 9 heteroatoms. The van der Waals surface area contributed by atoms with Crippen LogP contribution in [0.1, 0.15) is 21.6 Å². The van der Waals surface area contributed by atoms with Gasteiger partial charge in [0.1, 0.15) is 10.8 Å². The molecule has 0 atom stereocenters. The van der Waals surface area contributed by atoms with Gasteiger partial charge in [0, 0.05) is 16.6 Å². The number of esters is 1. The number of imide groups is 1. The largest absolute Gasteiger partial charge is 0.497 e. The normalized spacial score (nSPS) is 10.3. The number of urea groups is 1. The molecule has 0 unspecified atom stereocenters. The van der Waals surface area contributed by atoms with Crippen molar-refractivity contribution >= 4 is 34.9 Å². The first-order valence-electron chi connectivity index (χ1n) is 9.31. The minimum atomic E-state index is -0.749. The molecule has 3 aromatic rings. The van der Waals surface area contributed by atoms with Gasteiger partial charge in [-0.25, -0.2) is 14.6 Å². The molecule has 8 nitrogen and oxygen atoms in total. The van der Waals surface area contributed by atoms with Gasteiger partial charge in [-0.3, -0.25) is 10.1 Å². The van der Waals surface area contributed by atoms with Crippen LogP contribution in [0.3, 0.4) is 0 Å². The van der Waals surface area contributed by atoms with E-state index >= 15 is 0 Å². The van der Waals surface area contributed by atoms with Gasteiger partial charge in [0.15, 0.2) is 12.3 Å². The lowest BCUT2D eigenvalue weighted by atomic mass is 10.1. The Labute approximate surface area is 183 Å². The van der Waals surface area contributed by atoms with Gasteiger partial charge in [0.05, 0.1) is 7.11 Å². The number of benzene rings is 2. The van der Waals surface area contributed by atoms with Crippen molar-refractivity contribution in [3.63, 3.8) is 0 Å². The van der Waals surface area contributed by atoms with Crippen molar-refractivity contribution in [2.75, 3.05) is 19.0 Å². The number of anilines is 1. The highest BCUT2D eigenvalue weighted by molar-refractivity contribution is 7.13. The van der Waals surface area contributed by atoms with Crippen molar-refractivity contribution in [2.45, 2.75) is 13.8 Å². The smallest absolute Gasteiger partial charge is 0.358 e. The number of hydrogen-bond donors (Lipinski definition) is 2. The molecule has 0 saturated carbocycles. The SMILES string of the molecule is COc1ccc(-c2nc(C(=O)OCC(=O)NC(=O)Nc3cccc(C)c3C)cs2)cc1. The zero-order valence-electron chi connectivity index (χ0n) is 17.2. The Morgan fingerprint density at radius 3 is 2.52 bits per heavy atom. The summed E-state index contributed by atoms with van der Waals surface area (Å²) < 4.78 is 10.1. The van der Waals surface area contributed by atoms with Crippen LogP contribution in [0.2, 0.25) is 0 Å². The summed E-state index contributed by atoms with van der Waals surface area (Å²) in [4.78, 5) is 40.4. The molecule has 0 bridgehead atoms. The van der Waals surface area contributed by atoms with Crippen LogP contribution >= 0.6 is 11.3 Å². The Morgan fingerprint density at radius 1 is 1.06 bits per heavy atom. The average Bonchev–Trinajstić information content (AvgIpc) is 3.26. The Hall–Kier alpha value is -3.72. The molecular weight excluding hydrogens is 418 g/mol. The van der Waals surface area contributed by atoms with E-state index in [0.717, 1.165) is 16.7 Å². The highest BCUT2D eigenvalue weighted by atomic mass is 32.1. The van der Waals surface area contributed by atoms with E-state index in [9.17, 15) is 14.4 Å². The zero-order valence-corrected chi connectivity index (χ0v) is 18.0. The maximum atomic E-state index is 12.2. The number of methoxy groups -OCH3 is 1. The zero-order chi connectivity index (χ0) is 22.4. The monoisotopic (exact) mass is 439 g/mol. The van der Waals surface area contributed by atoms with Crippen molar-refractivity contribution < 1.29 is 23.9 Å². The van der Waals surface area contributed by atoms with Crippen molar-refractivity contribution in [3.8, 4) is 16.3 Å². The van der Waals surface area contributed by atoms with Gasteiger partial charge >= 0.3 is 12.0 Å². The second-order valence-electron chi connectivity index (χ2n) is 6.59. The Bertz CT molecular complexity index is 1110. The lowest BCUT2D eigenvalue weighted by molar-refractivity contribution is -0.123. The molecule has 3 rings (SSSR count). The number of nitrogens with one attached hydrogen (secondary N) is 2. The van der Waals surface area contributed by atoms with Crippen molar-refractivity contribution in [1.82, 2.24) is 10.3 Å². The van der Waals surface area contributed by atoms with Crippen LogP contribution < -0.4 is 15.4 Å².